The highest BCUT2D eigenvalue weighted by molar-refractivity contribution is 5.62. The van der Waals surface area contributed by atoms with E-state index in [1.807, 2.05) is 19.9 Å². The zero-order chi connectivity index (χ0) is 15.6. The lowest BCUT2D eigenvalue weighted by molar-refractivity contribution is 0.568. The van der Waals surface area contributed by atoms with Crippen molar-refractivity contribution < 1.29 is 4.39 Å². The van der Waals surface area contributed by atoms with Gasteiger partial charge in [0.2, 0.25) is 0 Å². The molecule has 1 aromatic carbocycles. The number of nitrogens with one attached hydrogen (secondary N) is 1. The Morgan fingerprint density at radius 3 is 2.43 bits per heavy atom. The first-order chi connectivity index (χ1) is 9.81. The molecule has 0 aliphatic carbocycles. The fourth-order valence-electron chi connectivity index (χ4n) is 2.10. The van der Waals surface area contributed by atoms with E-state index in [4.69, 9.17) is 0 Å². The standard InChI is InChI=1S/C17H22FN3/c1-6-19-15-10-14(17(3,4)5)20-16(21-15)13-8-7-12(18)9-11(13)2/h7-10H,6H2,1-5H3,(H,19,20,21). The molecule has 0 saturated heterocycles. The summed E-state index contributed by atoms with van der Waals surface area (Å²) in [5, 5.41) is 3.24. The molecule has 0 fully saturated rings. The Labute approximate surface area is 125 Å². The van der Waals surface area contributed by atoms with E-state index in [9.17, 15) is 4.39 Å². The summed E-state index contributed by atoms with van der Waals surface area (Å²) in [6.45, 7) is 11.0. The maximum Gasteiger partial charge on any atom is 0.162 e. The van der Waals surface area contributed by atoms with Gasteiger partial charge in [0.25, 0.3) is 0 Å². The SMILES string of the molecule is CCNc1cc(C(C)(C)C)nc(-c2ccc(F)cc2C)n1. The molecule has 1 aromatic heterocycles. The van der Waals surface area contributed by atoms with Crippen LogP contribution in [0.25, 0.3) is 11.4 Å². The van der Waals surface area contributed by atoms with Crippen LogP contribution in [0.3, 0.4) is 0 Å². The third-order valence-electron chi connectivity index (χ3n) is 3.28. The molecule has 0 unspecified atom stereocenters. The van der Waals surface area contributed by atoms with Crippen LogP contribution in [0.1, 0.15) is 39.0 Å². The molecule has 1 heterocycles. The average molecular weight is 287 g/mol. The second-order valence-corrected chi connectivity index (χ2v) is 6.20. The quantitative estimate of drug-likeness (QED) is 0.913. The minimum Gasteiger partial charge on any atom is -0.370 e. The number of nitrogens with zero attached hydrogens (tertiary/aromatic N) is 2. The lowest BCUT2D eigenvalue weighted by atomic mass is 9.91. The van der Waals surface area contributed by atoms with Crippen molar-refractivity contribution in [3.8, 4) is 11.4 Å². The van der Waals surface area contributed by atoms with Crippen LogP contribution < -0.4 is 5.32 Å². The molecule has 0 saturated carbocycles. The van der Waals surface area contributed by atoms with Crippen molar-refractivity contribution in [1.29, 1.82) is 0 Å². The summed E-state index contributed by atoms with van der Waals surface area (Å²) < 4.78 is 13.3. The molecule has 0 radical (unpaired) electrons. The number of aryl methyl sites for hydroxylation is 1. The average Bonchev–Trinajstić information content (AvgIpc) is 2.37. The van der Waals surface area contributed by atoms with Gasteiger partial charge in [-0.1, -0.05) is 20.8 Å². The normalized spacial score (nSPS) is 11.5. The zero-order valence-electron chi connectivity index (χ0n) is 13.3. The van der Waals surface area contributed by atoms with Gasteiger partial charge in [-0.15, -0.1) is 0 Å². The number of anilines is 1. The molecule has 0 amide bonds. The third kappa shape index (κ3) is 3.57. The molecule has 2 rings (SSSR count). The highest BCUT2D eigenvalue weighted by atomic mass is 19.1. The van der Waals surface area contributed by atoms with Gasteiger partial charge >= 0.3 is 0 Å². The van der Waals surface area contributed by atoms with E-state index < -0.39 is 0 Å². The summed E-state index contributed by atoms with van der Waals surface area (Å²) >= 11 is 0. The summed E-state index contributed by atoms with van der Waals surface area (Å²) in [5.41, 5.74) is 2.59. The smallest absolute Gasteiger partial charge is 0.162 e. The highest BCUT2D eigenvalue weighted by Crippen LogP contribution is 2.27. The summed E-state index contributed by atoms with van der Waals surface area (Å²) in [5.74, 6) is 1.20. The molecule has 0 atom stereocenters. The molecule has 21 heavy (non-hydrogen) atoms. The van der Waals surface area contributed by atoms with Gasteiger partial charge in [0, 0.05) is 23.6 Å². The van der Waals surface area contributed by atoms with Crippen LogP contribution in [-0.2, 0) is 5.41 Å². The van der Waals surface area contributed by atoms with Gasteiger partial charge in [-0.25, -0.2) is 14.4 Å². The monoisotopic (exact) mass is 287 g/mol. The van der Waals surface area contributed by atoms with Gasteiger partial charge in [-0.3, -0.25) is 0 Å². The molecule has 3 nitrogen and oxygen atoms in total. The summed E-state index contributed by atoms with van der Waals surface area (Å²) in [7, 11) is 0. The number of halogens is 1. The second kappa shape index (κ2) is 5.80. The van der Waals surface area contributed by atoms with E-state index in [2.05, 4.69) is 36.1 Å². The summed E-state index contributed by atoms with van der Waals surface area (Å²) in [6, 6.07) is 6.67. The Balaban J connectivity index is 2.59. The lowest BCUT2D eigenvalue weighted by Gasteiger charge is -2.20. The maximum atomic E-state index is 13.3. The molecular weight excluding hydrogens is 265 g/mol. The Morgan fingerprint density at radius 2 is 1.86 bits per heavy atom. The Hall–Kier alpha value is -1.97. The van der Waals surface area contributed by atoms with Gasteiger partial charge in [0.1, 0.15) is 11.6 Å². The van der Waals surface area contributed by atoms with Crippen molar-refractivity contribution in [2.75, 3.05) is 11.9 Å². The maximum absolute atomic E-state index is 13.3. The number of aromatic nitrogens is 2. The second-order valence-electron chi connectivity index (χ2n) is 6.20. The van der Waals surface area contributed by atoms with Gasteiger partial charge in [0.15, 0.2) is 5.82 Å². The third-order valence-corrected chi connectivity index (χ3v) is 3.28. The molecular formula is C17H22FN3. The molecule has 1 N–H and O–H groups in total. The van der Waals surface area contributed by atoms with E-state index in [0.29, 0.717) is 5.82 Å². The van der Waals surface area contributed by atoms with E-state index >= 15 is 0 Å². The van der Waals surface area contributed by atoms with Crippen LogP contribution in [0.15, 0.2) is 24.3 Å². The molecule has 0 aliphatic heterocycles. The molecule has 112 valence electrons. The van der Waals surface area contributed by atoms with Crippen molar-refractivity contribution in [1.82, 2.24) is 9.97 Å². The van der Waals surface area contributed by atoms with Crippen molar-refractivity contribution in [3.05, 3.63) is 41.3 Å². The van der Waals surface area contributed by atoms with Gasteiger partial charge in [-0.2, -0.15) is 0 Å². The van der Waals surface area contributed by atoms with Crippen molar-refractivity contribution in [2.24, 2.45) is 0 Å². The van der Waals surface area contributed by atoms with Crippen molar-refractivity contribution in [3.63, 3.8) is 0 Å². The number of rotatable bonds is 3. The largest absolute Gasteiger partial charge is 0.370 e. The van der Waals surface area contributed by atoms with Gasteiger partial charge in [0.05, 0.1) is 5.69 Å². The number of benzene rings is 1. The topological polar surface area (TPSA) is 37.8 Å². The van der Waals surface area contributed by atoms with E-state index in [1.54, 1.807) is 6.07 Å². The molecule has 0 bridgehead atoms. The predicted molar refractivity (Wildman–Crippen MR) is 85.0 cm³/mol. The van der Waals surface area contributed by atoms with Crippen LogP contribution in [-0.4, -0.2) is 16.5 Å². The number of hydrogen-bond donors (Lipinski definition) is 1. The van der Waals surface area contributed by atoms with E-state index in [0.717, 1.165) is 29.2 Å². The van der Waals surface area contributed by atoms with Crippen molar-refractivity contribution >= 4 is 5.82 Å². The van der Waals surface area contributed by atoms with Crippen LogP contribution in [0.2, 0.25) is 0 Å². The van der Waals surface area contributed by atoms with Crippen LogP contribution in [0.4, 0.5) is 10.2 Å². The zero-order valence-corrected chi connectivity index (χ0v) is 13.3. The first-order valence-electron chi connectivity index (χ1n) is 7.21. The first kappa shape index (κ1) is 15.4. The fourth-order valence-corrected chi connectivity index (χ4v) is 2.10. The molecule has 0 spiro atoms. The van der Waals surface area contributed by atoms with Crippen LogP contribution >= 0.6 is 0 Å². The lowest BCUT2D eigenvalue weighted by Crippen LogP contribution is -2.16. The fraction of sp³-hybridized carbons (Fsp3) is 0.412. The van der Waals surface area contributed by atoms with Crippen LogP contribution in [0, 0.1) is 12.7 Å². The molecule has 4 heteroatoms. The Morgan fingerprint density at radius 1 is 1.14 bits per heavy atom. The first-order valence-corrected chi connectivity index (χ1v) is 7.21. The summed E-state index contributed by atoms with van der Waals surface area (Å²) in [4.78, 5) is 9.23. The molecule has 2 aromatic rings. The van der Waals surface area contributed by atoms with E-state index in [1.165, 1.54) is 12.1 Å². The predicted octanol–water partition coefficient (Wildman–Crippen LogP) is 4.32. The van der Waals surface area contributed by atoms with Gasteiger partial charge < -0.3 is 5.32 Å². The highest BCUT2D eigenvalue weighted by Gasteiger charge is 2.19. The Kier molecular flexibility index (Phi) is 4.26. The van der Waals surface area contributed by atoms with E-state index in [-0.39, 0.29) is 11.2 Å². The minimum atomic E-state index is -0.241. The molecule has 0 aliphatic rings. The Bertz CT molecular complexity index is 645. The minimum absolute atomic E-state index is 0.0736. The van der Waals surface area contributed by atoms with Gasteiger partial charge in [-0.05, 0) is 37.6 Å². The van der Waals surface area contributed by atoms with Crippen molar-refractivity contribution in [2.45, 2.75) is 40.0 Å². The number of hydrogen-bond acceptors (Lipinski definition) is 3. The summed E-state index contributed by atoms with van der Waals surface area (Å²) in [6.07, 6.45) is 0. The van der Waals surface area contributed by atoms with Crippen LogP contribution in [0.5, 0.6) is 0 Å².